The number of benzene rings is 1. The van der Waals surface area contributed by atoms with Gasteiger partial charge in [-0.2, -0.15) is 0 Å². The first-order valence-corrected chi connectivity index (χ1v) is 10.4. The number of carbonyl (C=O) groups excluding carboxylic acids is 5. The molecule has 2 atom stereocenters. The number of nitrogens with zero attached hydrogens (tertiary/aromatic N) is 1. The standard InChI is InChI=1S/C22H29N3O6/c1-15(27)12-17(14-26)23-21(30)13-25-11-3-2-4-19(22(25)31)24-20(29)10-7-16-5-8-18(28)9-6-16/h5-6,8-9,14,17,19,28H,2-4,7,10-13H2,1H3,(H,23,30)(H,24,29). The highest BCUT2D eigenvalue weighted by molar-refractivity contribution is 5.91. The molecule has 3 N–H and O–H groups in total. The number of likely N-dealkylation sites (tertiary alicyclic amines) is 1. The number of hydrogen-bond acceptors (Lipinski definition) is 6. The summed E-state index contributed by atoms with van der Waals surface area (Å²) < 4.78 is 0. The summed E-state index contributed by atoms with van der Waals surface area (Å²) in [4.78, 5) is 61.0. The van der Waals surface area contributed by atoms with E-state index < -0.39 is 18.0 Å². The number of carbonyl (C=O) groups is 5. The number of amides is 3. The Balaban J connectivity index is 1.88. The molecule has 2 rings (SSSR count). The van der Waals surface area contributed by atoms with Gasteiger partial charge in [-0.3, -0.25) is 19.2 Å². The van der Waals surface area contributed by atoms with Gasteiger partial charge in [0.2, 0.25) is 17.7 Å². The quantitative estimate of drug-likeness (QED) is 0.462. The van der Waals surface area contributed by atoms with Gasteiger partial charge in [-0.05, 0) is 50.3 Å². The van der Waals surface area contributed by atoms with Crippen molar-refractivity contribution in [2.45, 2.75) is 57.5 Å². The maximum absolute atomic E-state index is 12.8. The van der Waals surface area contributed by atoms with Crippen LogP contribution < -0.4 is 10.6 Å². The lowest BCUT2D eigenvalue weighted by atomic mass is 10.1. The second-order valence-corrected chi connectivity index (χ2v) is 7.76. The zero-order valence-corrected chi connectivity index (χ0v) is 17.6. The number of aryl methyl sites for hydroxylation is 1. The predicted molar refractivity (Wildman–Crippen MR) is 112 cm³/mol. The van der Waals surface area contributed by atoms with Gasteiger partial charge >= 0.3 is 0 Å². The molecule has 2 unspecified atom stereocenters. The minimum absolute atomic E-state index is 0.0943. The van der Waals surface area contributed by atoms with Gasteiger partial charge in [0.25, 0.3) is 0 Å². The highest BCUT2D eigenvalue weighted by atomic mass is 16.3. The number of aldehydes is 1. The molecule has 1 aliphatic heterocycles. The van der Waals surface area contributed by atoms with Gasteiger partial charge in [0.05, 0.1) is 12.6 Å². The van der Waals surface area contributed by atoms with Gasteiger partial charge in [0.15, 0.2) is 0 Å². The summed E-state index contributed by atoms with van der Waals surface area (Å²) in [5.74, 6) is -1.19. The lowest BCUT2D eigenvalue weighted by Gasteiger charge is -2.25. The average Bonchev–Trinajstić information content (AvgIpc) is 2.88. The lowest BCUT2D eigenvalue weighted by Crippen LogP contribution is -2.51. The Hall–Kier alpha value is -3.23. The third-order valence-electron chi connectivity index (χ3n) is 5.05. The van der Waals surface area contributed by atoms with Gasteiger partial charge in [-0.1, -0.05) is 12.1 Å². The first-order chi connectivity index (χ1) is 14.8. The molecule has 0 aliphatic carbocycles. The summed E-state index contributed by atoms with van der Waals surface area (Å²) in [6.07, 6.45) is 2.99. The first kappa shape index (κ1) is 24.0. The number of nitrogens with one attached hydrogen (secondary N) is 2. The van der Waals surface area contributed by atoms with Crippen LogP contribution in [0.1, 0.15) is 44.6 Å². The fourth-order valence-electron chi connectivity index (χ4n) is 3.45. The number of phenolic OH excluding ortho intramolecular Hbond substituents is 1. The SMILES string of the molecule is CC(=O)CC(C=O)NC(=O)CN1CCCCC(NC(=O)CCc2ccc(O)cc2)C1=O. The first-order valence-electron chi connectivity index (χ1n) is 10.4. The summed E-state index contributed by atoms with van der Waals surface area (Å²) >= 11 is 0. The van der Waals surface area contributed by atoms with Crippen LogP contribution in [0, 0.1) is 0 Å². The Bertz CT molecular complexity index is 808. The van der Waals surface area contributed by atoms with Crippen LogP contribution in [0.4, 0.5) is 0 Å². The van der Waals surface area contributed by atoms with E-state index in [0.29, 0.717) is 32.1 Å². The molecule has 1 fully saturated rings. The van der Waals surface area contributed by atoms with E-state index in [0.717, 1.165) is 12.0 Å². The smallest absolute Gasteiger partial charge is 0.245 e. The van der Waals surface area contributed by atoms with Gasteiger partial charge < -0.3 is 25.4 Å². The molecule has 9 nitrogen and oxygen atoms in total. The molecule has 0 bridgehead atoms. The number of aromatic hydroxyl groups is 1. The van der Waals surface area contributed by atoms with Crippen LogP contribution in [-0.4, -0.2) is 65.0 Å². The number of hydrogen-bond donors (Lipinski definition) is 3. The Labute approximate surface area is 181 Å². The highest BCUT2D eigenvalue weighted by Gasteiger charge is 2.29. The molecule has 1 heterocycles. The molecule has 0 saturated carbocycles. The fourth-order valence-corrected chi connectivity index (χ4v) is 3.45. The van der Waals surface area contributed by atoms with E-state index >= 15 is 0 Å². The molecule has 168 valence electrons. The summed E-state index contributed by atoms with van der Waals surface area (Å²) in [7, 11) is 0. The Kier molecular flexibility index (Phi) is 9.17. The van der Waals surface area contributed by atoms with Crippen LogP contribution >= 0.6 is 0 Å². The van der Waals surface area contributed by atoms with Crippen LogP contribution in [0.15, 0.2) is 24.3 Å². The maximum atomic E-state index is 12.8. The maximum Gasteiger partial charge on any atom is 0.245 e. The summed E-state index contributed by atoms with van der Waals surface area (Å²) in [6, 6.07) is 4.95. The number of ketones is 1. The molecule has 0 radical (unpaired) electrons. The minimum Gasteiger partial charge on any atom is -0.508 e. The zero-order valence-electron chi connectivity index (χ0n) is 17.6. The zero-order chi connectivity index (χ0) is 22.8. The predicted octanol–water partition coefficient (Wildman–Crippen LogP) is 0.485. The Morgan fingerprint density at radius 3 is 2.55 bits per heavy atom. The van der Waals surface area contributed by atoms with Crippen LogP contribution in [-0.2, 0) is 30.4 Å². The monoisotopic (exact) mass is 431 g/mol. The summed E-state index contributed by atoms with van der Waals surface area (Å²) in [5.41, 5.74) is 0.897. The highest BCUT2D eigenvalue weighted by Crippen LogP contribution is 2.14. The van der Waals surface area contributed by atoms with Gasteiger partial charge in [-0.15, -0.1) is 0 Å². The van der Waals surface area contributed by atoms with Crippen molar-refractivity contribution in [3.8, 4) is 5.75 Å². The van der Waals surface area contributed by atoms with Crippen LogP contribution in [0.3, 0.4) is 0 Å². The van der Waals surface area contributed by atoms with Gasteiger partial charge in [-0.25, -0.2) is 0 Å². The van der Waals surface area contributed by atoms with E-state index in [2.05, 4.69) is 10.6 Å². The summed E-state index contributed by atoms with van der Waals surface area (Å²) in [5, 5.41) is 14.5. The van der Waals surface area contributed by atoms with Gasteiger partial charge in [0, 0.05) is 19.4 Å². The third kappa shape index (κ3) is 8.19. The van der Waals surface area contributed by atoms with Crippen molar-refractivity contribution in [2.24, 2.45) is 0 Å². The molecule has 1 aromatic carbocycles. The Morgan fingerprint density at radius 2 is 1.90 bits per heavy atom. The topological polar surface area (TPSA) is 133 Å². The van der Waals surface area contributed by atoms with E-state index in [9.17, 15) is 29.1 Å². The van der Waals surface area contributed by atoms with E-state index in [4.69, 9.17) is 0 Å². The molecule has 1 saturated heterocycles. The summed E-state index contributed by atoms with van der Waals surface area (Å²) in [6.45, 7) is 1.47. The third-order valence-corrected chi connectivity index (χ3v) is 5.05. The van der Waals surface area contributed by atoms with Crippen molar-refractivity contribution in [1.82, 2.24) is 15.5 Å². The molecule has 3 amide bonds. The van der Waals surface area contributed by atoms with E-state index in [1.165, 1.54) is 11.8 Å². The van der Waals surface area contributed by atoms with Crippen molar-refractivity contribution in [3.05, 3.63) is 29.8 Å². The molecule has 1 aliphatic rings. The van der Waals surface area contributed by atoms with E-state index in [1.54, 1.807) is 24.3 Å². The fraction of sp³-hybridized carbons (Fsp3) is 0.500. The lowest BCUT2D eigenvalue weighted by molar-refractivity contribution is -0.139. The van der Waals surface area contributed by atoms with Gasteiger partial charge in [0.1, 0.15) is 23.9 Å². The number of rotatable bonds is 10. The minimum atomic E-state index is -0.914. The number of phenols is 1. The average molecular weight is 431 g/mol. The molecule has 9 heteroatoms. The van der Waals surface area contributed by atoms with Crippen molar-refractivity contribution in [1.29, 1.82) is 0 Å². The molecular formula is C22H29N3O6. The second kappa shape index (κ2) is 11.8. The normalized spacial score (nSPS) is 17.4. The van der Waals surface area contributed by atoms with Crippen LogP contribution in [0.25, 0.3) is 0 Å². The number of Topliss-reactive ketones (excluding diaryl/α,β-unsaturated/α-hetero) is 1. The van der Waals surface area contributed by atoms with E-state index in [-0.39, 0.29) is 42.7 Å². The van der Waals surface area contributed by atoms with Crippen LogP contribution in [0.2, 0.25) is 0 Å². The molecule has 1 aromatic rings. The van der Waals surface area contributed by atoms with Crippen LogP contribution in [0.5, 0.6) is 5.75 Å². The molecule has 0 aromatic heterocycles. The largest absolute Gasteiger partial charge is 0.508 e. The van der Waals surface area contributed by atoms with E-state index in [1.807, 2.05) is 0 Å². The van der Waals surface area contributed by atoms with Crippen molar-refractivity contribution >= 4 is 29.8 Å². The van der Waals surface area contributed by atoms with Crippen molar-refractivity contribution in [3.63, 3.8) is 0 Å². The van der Waals surface area contributed by atoms with Crippen molar-refractivity contribution in [2.75, 3.05) is 13.1 Å². The molecule has 0 spiro atoms. The Morgan fingerprint density at radius 1 is 1.19 bits per heavy atom. The second-order valence-electron chi connectivity index (χ2n) is 7.76. The molecule has 31 heavy (non-hydrogen) atoms. The van der Waals surface area contributed by atoms with Crippen molar-refractivity contribution < 1.29 is 29.1 Å². The molecular weight excluding hydrogens is 402 g/mol.